The molecule has 1 aliphatic rings. The maximum atomic E-state index is 12.2. The van der Waals surface area contributed by atoms with Crippen molar-refractivity contribution in [2.45, 2.75) is 25.1 Å². The molecule has 1 aromatic carbocycles. The molecule has 1 aromatic heterocycles. The largest absolute Gasteiger partial charge is 0.465 e. The second-order valence-electron chi connectivity index (χ2n) is 5.62. The molecular formula is C16H17N3O5. The molecule has 3 rings (SSSR count). The minimum atomic E-state index is -1.21. The first-order valence-electron chi connectivity index (χ1n) is 7.47. The number of nitrogens with one attached hydrogen (secondary N) is 1. The fourth-order valence-corrected chi connectivity index (χ4v) is 2.73. The van der Waals surface area contributed by atoms with Crippen molar-refractivity contribution in [3.8, 4) is 11.3 Å². The SMILES string of the molecule is O=C(NCc1ccc(-c2cnco2)cc1)C1CC(O)CN1C(=O)O. The van der Waals surface area contributed by atoms with E-state index in [0.717, 1.165) is 16.0 Å². The number of benzene rings is 1. The summed E-state index contributed by atoms with van der Waals surface area (Å²) in [7, 11) is 0. The molecule has 0 saturated carbocycles. The molecule has 0 spiro atoms. The third-order valence-electron chi connectivity index (χ3n) is 3.96. The molecule has 126 valence electrons. The van der Waals surface area contributed by atoms with Crippen molar-refractivity contribution in [2.24, 2.45) is 0 Å². The summed E-state index contributed by atoms with van der Waals surface area (Å²) in [5.41, 5.74) is 1.74. The van der Waals surface area contributed by atoms with Crippen molar-refractivity contribution in [1.82, 2.24) is 15.2 Å². The van der Waals surface area contributed by atoms with Gasteiger partial charge in [-0.2, -0.15) is 0 Å². The number of likely N-dealkylation sites (tertiary alicyclic amines) is 1. The van der Waals surface area contributed by atoms with Crippen LogP contribution in [0.2, 0.25) is 0 Å². The quantitative estimate of drug-likeness (QED) is 0.772. The molecule has 3 N–H and O–H groups in total. The standard InChI is InChI=1S/C16H17N3O5/c20-12-5-13(19(8-12)16(22)23)15(21)18-6-10-1-3-11(4-2-10)14-7-17-9-24-14/h1-4,7,9,12-13,20H,5-6,8H2,(H,18,21)(H,22,23). The first-order chi connectivity index (χ1) is 11.5. The summed E-state index contributed by atoms with van der Waals surface area (Å²) in [6.07, 6.45) is 1.07. The van der Waals surface area contributed by atoms with Gasteiger partial charge in [-0.3, -0.25) is 9.69 Å². The number of hydrogen-bond donors (Lipinski definition) is 3. The van der Waals surface area contributed by atoms with Gasteiger partial charge in [-0.1, -0.05) is 24.3 Å². The van der Waals surface area contributed by atoms with Crippen LogP contribution in [-0.4, -0.2) is 50.8 Å². The van der Waals surface area contributed by atoms with Crippen LogP contribution in [0.5, 0.6) is 0 Å². The van der Waals surface area contributed by atoms with Gasteiger partial charge in [0.2, 0.25) is 5.91 Å². The van der Waals surface area contributed by atoms with Gasteiger partial charge in [0.1, 0.15) is 6.04 Å². The van der Waals surface area contributed by atoms with Crippen molar-refractivity contribution in [2.75, 3.05) is 6.54 Å². The van der Waals surface area contributed by atoms with Crippen LogP contribution in [0.4, 0.5) is 4.79 Å². The number of aliphatic hydroxyl groups is 1. The average molecular weight is 331 g/mol. The Kier molecular flexibility index (Phi) is 4.48. The van der Waals surface area contributed by atoms with E-state index in [-0.39, 0.29) is 19.5 Å². The zero-order valence-corrected chi connectivity index (χ0v) is 12.8. The molecule has 0 radical (unpaired) electrons. The Morgan fingerprint density at radius 1 is 1.33 bits per heavy atom. The number of carbonyl (C=O) groups excluding carboxylic acids is 1. The summed E-state index contributed by atoms with van der Waals surface area (Å²) in [5, 5.41) is 21.4. The molecule has 1 fully saturated rings. The number of aliphatic hydroxyl groups excluding tert-OH is 1. The second kappa shape index (κ2) is 6.71. The van der Waals surface area contributed by atoms with Crippen molar-refractivity contribution in [3.63, 3.8) is 0 Å². The summed E-state index contributed by atoms with van der Waals surface area (Å²) in [6, 6.07) is 6.54. The van der Waals surface area contributed by atoms with E-state index in [1.807, 2.05) is 24.3 Å². The van der Waals surface area contributed by atoms with Crippen molar-refractivity contribution in [3.05, 3.63) is 42.4 Å². The molecule has 0 aliphatic carbocycles. The van der Waals surface area contributed by atoms with Crippen LogP contribution in [-0.2, 0) is 11.3 Å². The van der Waals surface area contributed by atoms with E-state index >= 15 is 0 Å². The molecule has 1 aliphatic heterocycles. The van der Waals surface area contributed by atoms with E-state index in [1.165, 1.54) is 6.39 Å². The second-order valence-corrected chi connectivity index (χ2v) is 5.62. The molecule has 2 aromatic rings. The third kappa shape index (κ3) is 3.38. The van der Waals surface area contributed by atoms with Crippen molar-refractivity contribution in [1.29, 1.82) is 0 Å². The van der Waals surface area contributed by atoms with E-state index in [4.69, 9.17) is 9.52 Å². The first-order valence-corrected chi connectivity index (χ1v) is 7.47. The Hall–Kier alpha value is -2.87. The van der Waals surface area contributed by atoms with Crippen LogP contribution in [0.25, 0.3) is 11.3 Å². The summed E-state index contributed by atoms with van der Waals surface area (Å²) >= 11 is 0. The third-order valence-corrected chi connectivity index (χ3v) is 3.96. The van der Waals surface area contributed by atoms with Crippen LogP contribution in [0, 0.1) is 0 Å². The number of rotatable bonds is 4. The monoisotopic (exact) mass is 331 g/mol. The number of β-amino-alcohol motifs (C(OH)–C–C–N with tert-alkyl or cyclic N) is 1. The Morgan fingerprint density at radius 2 is 2.08 bits per heavy atom. The predicted octanol–water partition coefficient (Wildman–Crippen LogP) is 1.07. The Bertz CT molecular complexity index is 714. The van der Waals surface area contributed by atoms with Gasteiger partial charge < -0.3 is 19.9 Å². The molecule has 2 heterocycles. The molecular weight excluding hydrogens is 314 g/mol. The van der Waals surface area contributed by atoms with Gasteiger partial charge >= 0.3 is 6.09 Å². The zero-order chi connectivity index (χ0) is 17.1. The van der Waals surface area contributed by atoms with E-state index in [1.54, 1.807) is 6.20 Å². The molecule has 2 amide bonds. The van der Waals surface area contributed by atoms with Gasteiger partial charge in [0.25, 0.3) is 0 Å². The maximum absolute atomic E-state index is 12.2. The van der Waals surface area contributed by atoms with Crippen LogP contribution in [0.15, 0.2) is 41.3 Å². The zero-order valence-electron chi connectivity index (χ0n) is 12.8. The summed E-state index contributed by atoms with van der Waals surface area (Å²) < 4.78 is 5.20. The summed E-state index contributed by atoms with van der Waals surface area (Å²) in [4.78, 5) is 28.1. The molecule has 2 unspecified atom stereocenters. The predicted molar refractivity (Wildman–Crippen MR) is 82.9 cm³/mol. The van der Waals surface area contributed by atoms with E-state index in [0.29, 0.717) is 5.76 Å². The summed E-state index contributed by atoms with van der Waals surface area (Å²) in [6.45, 7) is 0.231. The number of oxazole rings is 1. The highest BCUT2D eigenvalue weighted by atomic mass is 16.4. The van der Waals surface area contributed by atoms with Gasteiger partial charge in [-0.05, 0) is 5.56 Å². The minimum Gasteiger partial charge on any atom is -0.465 e. The van der Waals surface area contributed by atoms with Crippen molar-refractivity contribution < 1.29 is 24.2 Å². The molecule has 8 nitrogen and oxygen atoms in total. The van der Waals surface area contributed by atoms with Gasteiger partial charge in [0, 0.05) is 18.5 Å². The fraction of sp³-hybridized carbons (Fsp3) is 0.312. The number of carboxylic acid groups (broad SMARTS) is 1. The highest BCUT2D eigenvalue weighted by Gasteiger charge is 2.38. The van der Waals surface area contributed by atoms with Crippen LogP contribution in [0.3, 0.4) is 0 Å². The van der Waals surface area contributed by atoms with Crippen LogP contribution < -0.4 is 5.32 Å². The van der Waals surface area contributed by atoms with Crippen LogP contribution >= 0.6 is 0 Å². The van der Waals surface area contributed by atoms with E-state index in [9.17, 15) is 14.7 Å². The molecule has 2 atom stereocenters. The maximum Gasteiger partial charge on any atom is 0.408 e. The molecule has 0 bridgehead atoms. The Balaban J connectivity index is 1.59. The Morgan fingerprint density at radius 3 is 2.71 bits per heavy atom. The lowest BCUT2D eigenvalue weighted by molar-refractivity contribution is -0.125. The summed E-state index contributed by atoms with van der Waals surface area (Å²) in [5.74, 6) is 0.246. The fourth-order valence-electron chi connectivity index (χ4n) is 2.73. The highest BCUT2D eigenvalue weighted by molar-refractivity contribution is 5.86. The highest BCUT2D eigenvalue weighted by Crippen LogP contribution is 2.20. The van der Waals surface area contributed by atoms with Gasteiger partial charge in [0.15, 0.2) is 12.2 Å². The minimum absolute atomic E-state index is 0.0424. The topological polar surface area (TPSA) is 116 Å². The molecule has 8 heteroatoms. The van der Waals surface area contributed by atoms with Gasteiger partial charge in [-0.25, -0.2) is 9.78 Å². The van der Waals surface area contributed by atoms with Gasteiger partial charge in [0.05, 0.1) is 18.8 Å². The first kappa shape index (κ1) is 16.0. The van der Waals surface area contributed by atoms with E-state index < -0.39 is 24.1 Å². The van der Waals surface area contributed by atoms with E-state index in [2.05, 4.69) is 10.3 Å². The lowest BCUT2D eigenvalue weighted by Crippen LogP contribution is -2.45. The van der Waals surface area contributed by atoms with Gasteiger partial charge in [-0.15, -0.1) is 0 Å². The lowest BCUT2D eigenvalue weighted by Gasteiger charge is -2.20. The normalized spacial score (nSPS) is 20.1. The number of aromatic nitrogens is 1. The van der Waals surface area contributed by atoms with Crippen molar-refractivity contribution >= 4 is 12.0 Å². The number of amides is 2. The Labute approximate surface area is 137 Å². The number of carbonyl (C=O) groups is 2. The smallest absolute Gasteiger partial charge is 0.408 e. The van der Waals surface area contributed by atoms with Crippen LogP contribution in [0.1, 0.15) is 12.0 Å². The molecule has 24 heavy (non-hydrogen) atoms. The lowest BCUT2D eigenvalue weighted by atomic mass is 10.1. The number of hydrogen-bond acceptors (Lipinski definition) is 5. The molecule has 1 saturated heterocycles. The number of nitrogens with zero attached hydrogens (tertiary/aromatic N) is 2. The average Bonchev–Trinajstić information content (AvgIpc) is 3.22.